The summed E-state index contributed by atoms with van der Waals surface area (Å²) in [6.07, 6.45) is 0. The third-order valence-corrected chi connectivity index (χ3v) is 5.69. The van der Waals surface area contributed by atoms with Crippen molar-refractivity contribution in [2.75, 3.05) is 12.3 Å². The summed E-state index contributed by atoms with van der Waals surface area (Å²) in [4.78, 5) is -0.120. The van der Waals surface area contributed by atoms with Gasteiger partial charge in [0.2, 0.25) is 10.0 Å². The number of benzene rings is 1. The number of rotatable bonds is 5. The van der Waals surface area contributed by atoms with Crippen molar-refractivity contribution in [1.29, 1.82) is 0 Å². The van der Waals surface area contributed by atoms with Crippen LogP contribution in [0.2, 0.25) is 0 Å². The smallest absolute Gasteiger partial charge is 0.242 e. The Balaban J connectivity index is 3.04. The number of hydrogen-bond acceptors (Lipinski definition) is 3. The molecule has 1 aromatic rings. The highest BCUT2D eigenvalue weighted by atomic mass is 79.9. The van der Waals surface area contributed by atoms with E-state index in [0.717, 1.165) is 6.07 Å². The zero-order valence-corrected chi connectivity index (χ0v) is 14.4. The van der Waals surface area contributed by atoms with E-state index in [0.29, 0.717) is 5.92 Å². The van der Waals surface area contributed by atoms with E-state index in [1.165, 1.54) is 6.07 Å². The molecule has 0 radical (unpaired) electrons. The van der Waals surface area contributed by atoms with Crippen molar-refractivity contribution in [2.45, 2.75) is 32.6 Å². The average molecular weight is 367 g/mol. The lowest BCUT2D eigenvalue weighted by Crippen LogP contribution is -2.37. The lowest BCUT2D eigenvalue weighted by Gasteiger charge is -2.29. The summed E-state index contributed by atoms with van der Waals surface area (Å²) in [7, 11) is -3.77. The molecule has 0 aliphatic carbocycles. The van der Waals surface area contributed by atoms with Crippen LogP contribution in [0.15, 0.2) is 21.5 Å². The largest absolute Gasteiger partial charge is 0.398 e. The molecule has 0 aliphatic heterocycles. The molecular formula is C13H20BrFN2O2S. The quantitative estimate of drug-likeness (QED) is 0.786. The van der Waals surface area contributed by atoms with E-state index < -0.39 is 15.8 Å². The maximum Gasteiger partial charge on any atom is 0.242 e. The minimum Gasteiger partial charge on any atom is -0.398 e. The molecule has 1 rings (SSSR count). The van der Waals surface area contributed by atoms with Crippen LogP contribution in [0.5, 0.6) is 0 Å². The molecule has 0 amide bonds. The standard InChI is InChI=1S/C13H20BrFN2O2S/c1-8(2)13(3,4)7-17-20(18,19)12-5-9(14)10(15)6-11(12)16/h5-6,8,17H,7,16H2,1-4H3. The first kappa shape index (κ1) is 17.4. The van der Waals surface area contributed by atoms with Crippen LogP contribution in [-0.4, -0.2) is 15.0 Å². The van der Waals surface area contributed by atoms with Crippen molar-refractivity contribution in [1.82, 2.24) is 4.72 Å². The van der Waals surface area contributed by atoms with Crippen LogP contribution < -0.4 is 10.5 Å². The van der Waals surface area contributed by atoms with Gasteiger partial charge in [-0.25, -0.2) is 17.5 Å². The minimum absolute atomic E-state index is 0.0650. The highest BCUT2D eigenvalue weighted by molar-refractivity contribution is 9.10. The maximum atomic E-state index is 13.3. The van der Waals surface area contributed by atoms with Gasteiger partial charge in [0.05, 0.1) is 10.2 Å². The topological polar surface area (TPSA) is 72.2 Å². The fourth-order valence-electron chi connectivity index (χ4n) is 1.34. The van der Waals surface area contributed by atoms with Gasteiger partial charge in [-0.3, -0.25) is 0 Å². The SMILES string of the molecule is CC(C)C(C)(C)CNS(=O)(=O)c1cc(Br)c(F)cc1N. The summed E-state index contributed by atoms with van der Waals surface area (Å²) >= 11 is 2.96. The van der Waals surface area contributed by atoms with Crippen molar-refractivity contribution in [3.05, 3.63) is 22.4 Å². The molecule has 0 unspecified atom stereocenters. The zero-order chi connectivity index (χ0) is 15.7. The predicted molar refractivity (Wildman–Crippen MR) is 82.3 cm³/mol. The maximum absolute atomic E-state index is 13.3. The summed E-state index contributed by atoms with van der Waals surface area (Å²) in [6.45, 7) is 8.28. The van der Waals surface area contributed by atoms with Crippen LogP contribution >= 0.6 is 15.9 Å². The zero-order valence-electron chi connectivity index (χ0n) is 12.0. The fraction of sp³-hybridized carbons (Fsp3) is 0.538. The Morgan fingerprint density at radius 3 is 2.45 bits per heavy atom. The minimum atomic E-state index is -3.77. The van der Waals surface area contributed by atoms with Crippen LogP contribution in [-0.2, 0) is 10.0 Å². The Morgan fingerprint density at radius 1 is 1.40 bits per heavy atom. The molecule has 114 valence electrons. The molecule has 0 heterocycles. The van der Waals surface area contributed by atoms with E-state index in [2.05, 4.69) is 20.7 Å². The molecular weight excluding hydrogens is 347 g/mol. The van der Waals surface area contributed by atoms with E-state index in [4.69, 9.17) is 5.73 Å². The van der Waals surface area contributed by atoms with Gasteiger partial charge in [0.25, 0.3) is 0 Å². The van der Waals surface area contributed by atoms with Crippen LogP contribution in [0.25, 0.3) is 0 Å². The summed E-state index contributed by atoms with van der Waals surface area (Å²) in [5.74, 6) is -0.286. The Hall–Kier alpha value is -0.660. The van der Waals surface area contributed by atoms with Gasteiger partial charge in [-0.1, -0.05) is 27.7 Å². The number of nitrogens with one attached hydrogen (secondary N) is 1. The van der Waals surface area contributed by atoms with E-state index >= 15 is 0 Å². The predicted octanol–water partition coefficient (Wildman–Crippen LogP) is 3.13. The first-order valence-corrected chi connectivity index (χ1v) is 8.49. The number of halogens is 2. The second-order valence-electron chi connectivity index (χ2n) is 5.77. The molecule has 20 heavy (non-hydrogen) atoms. The summed E-state index contributed by atoms with van der Waals surface area (Å²) in [6, 6.07) is 2.17. The monoisotopic (exact) mass is 366 g/mol. The van der Waals surface area contributed by atoms with E-state index in [9.17, 15) is 12.8 Å². The van der Waals surface area contributed by atoms with Gasteiger partial charge in [-0.2, -0.15) is 0 Å². The van der Waals surface area contributed by atoms with Crippen LogP contribution in [0.4, 0.5) is 10.1 Å². The number of anilines is 1. The van der Waals surface area contributed by atoms with Gasteiger partial charge < -0.3 is 5.73 Å². The summed E-state index contributed by atoms with van der Waals surface area (Å²) in [5.41, 5.74) is 5.29. The molecule has 7 heteroatoms. The molecule has 0 atom stereocenters. The van der Waals surface area contributed by atoms with Crippen molar-refractivity contribution in [3.63, 3.8) is 0 Å². The lowest BCUT2D eigenvalue weighted by atomic mass is 9.81. The Bertz CT molecular complexity index is 601. The third kappa shape index (κ3) is 3.93. The van der Waals surface area contributed by atoms with Gasteiger partial charge in [-0.05, 0) is 39.4 Å². The highest BCUT2D eigenvalue weighted by Gasteiger charge is 2.26. The lowest BCUT2D eigenvalue weighted by molar-refractivity contribution is 0.252. The number of sulfonamides is 1. The van der Waals surface area contributed by atoms with Gasteiger partial charge in [0, 0.05) is 6.54 Å². The van der Waals surface area contributed by atoms with E-state index in [1.807, 2.05) is 27.7 Å². The molecule has 0 saturated heterocycles. The number of nitrogen functional groups attached to an aromatic ring is 1. The third-order valence-electron chi connectivity index (χ3n) is 3.62. The molecule has 0 aromatic heterocycles. The fourth-order valence-corrected chi connectivity index (χ4v) is 3.19. The van der Waals surface area contributed by atoms with Crippen molar-refractivity contribution >= 4 is 31.6 Å². The molecule has 1 aromatic carbocycles. The van der Waals surface area contributed by atoms with Gasteiger partial charge in [0.1, 0.15) is 10.7 Å². The van der Waals surface area contributed by atoms with Crippen LogP contribution in [0.1, 0.15) is 27.7 Å². The molecule has 0 bridgehead atoms. The second-order valence-corrected chi connectivity index (χ2v) is 8.36. The van der Waals surface area contributed by atoms with Gasteiger partial charge >= 0.3 is 0 Å². The van der Waals surface area contributed by atoms with Gasteiger partial charge in [0.15, 0.2) is 0 Å². The van der Waals surface area contributed by atoms with Crippen LogP contribution in [0.3, 0.4) is 0 Å². The Labute approximate surface area is 128 Å². The Kier molecular flexibility index (Phi) is 5.21. The summed E-state index contributed by atoms with van der Waals surface area (Å²) in [5, 5.41) is 0. The van der Waals surface area contributed by atoms with E-state index in [-0.39, 0.29) is 27.0 Å². The normalized spacial score (nSPS) is 12.9. The molecule has 4 nitrogen and oxygen atoms in total. The molecule has 3 N–H and O–H groups in total. The molecule has 0 fully saturated rings. The van der Waals surface area contributed by atoms with E-state index in [1.54, 1.807) is 0 Å². The molecule has 0 spiro atoms. The number of nitrogens with two attached hydrogens (primary N) is 1. The average Bonchev–Trinajstić information content (AvgIpc) is 2.31. The van der Waals surface area contributed by atoms with Gasteiger partial charge in [-0.15, -0.1) is 0 Å². The first-order chi connectivity index (χ1) is 8.97. The Morgan fingerprint density at radius 2 is 1.95 bits per heavy atom. The summed E-state index contributed by atoms with van der Waals surface area (Å²) < 4.78 is 40.4. The van der Waals surface area contributed by atoms with Crippen molar-refractivity contribution < 1.29 is 12.8 Å². The molecule has 0 aliphatic rings. The second kappa shape index (κ2) is 5.99. The molecule has 0 saturated carbocycles. The highest BCUT2D eigenvalue weighted by Crippen LogP contribution is 2.28. The number of hydrogen-bond donors (Lipinski definition) is 2. The first-order valence-electron chi connectivity index (χ1n) is 6.21. The van der Waals surface area contributed by atoms with Crippen LogP contribution in [0, 0.1) is 17.2 Å². The van der Waals surface area contributed by atoms with Crippen molar-refractivity contribution in [3.8, 4) is 0 Å². The van der Waals surface area contributed by atoms with Crippen molar-refractivity contribution in [2.24, 2.45) is 11.3 Å².